The van der Waals surface area contributed by atoms with Crippen LogP contribution in [0.5, 0.6) is 5.75 Å². The number of ether oxygens (including phenoxy) is 1. The van der Waals surface area contributed by atoms with Crippen molar-refractivity contribution < 1.29 is 9.53 Å². The summed E-state index contributed by atoms with van der Waals surface area (Å²) in [5.41, 5.74) is 1.04. The molecule has 0 bridgehead atoms. The van der Waals surface area contributed by atoms with E-state index >= 15 is 0 Å². The number of anilines is 1. The van der Waals surface area contributed by atoms with Gasteiger partial charge in [-0.05, 0) is 48.7 Å². The summed E-state index contributed by atoms with van der Waals surface area (Å²) in [6, 6.07) is 12.4. The largest absolute Gasteiger partial charge is 0.495 e. The first kappa shape index (κ1) is 18.6. The molecule has 0 saturated heterocycles. The Morgan fingerprint density at radius 1 is 1.19 bits per heavy atom. The Morgan fingerprint density at radius 3 is 2.54 bits per heavy atom. The molecule has 0 spiro atoms. The maximum Gasteiger partial charge on any atom is 0.235 e. The van der Waals surface area contributed by atoms with E-state index in [4.69, 9.17) is 27.9 Å². The molecule has 0 heterocycles. The van der Waals surface area contributed by atoms with Crippen LogP contribution in [0.2, 0.25) is 10.0 Å². The van der Waals surface area contributed by atoms with E-state index in [2.05, 4.69) is 11.4 Å². The standard InChI is InChI=1S/C20H18Cl2N2O2/c1-26-18-7-5-15(10-13(18)12-23)24-19(25)20(8-2-3-9-20)16-6-4-14(21)11-17(16)22/h4-7,10-11H,2-3,8-9H2,1H3,(H,24,25). The molecule has 134 valence electrons. The summed E-state index contributed by atoms with van der Waals surface area (Å²) in [5.74, 6) is 0.357. The fourth-order valence-corrected chi connectivity index (χ4v) is 4.19. The van der Waals surface area contributed by atoms with Crippen LogP contribution in [-0.2, 0) is 10.2 Å². The lowest BCUT2D eigenvalue weighted by atomic mass is 9.78. The lowest BCUT2D eigenvalue weighted by Crippen LogP contribution is -2.38. The topological polar surface area (TPSA) is 62.1 Å². The zero-order valence-corrected chi connectivity index (χ0v) is 15.8. The van der Waals surface area contributed by atoms with Gasteiger partial charge in [0.2, 0.25) is 5.91 Å². The SMILES string of the molecule is COc1ccc(NC(=O)C2(c3ccc(Cl)cc3Cl)CCCC2)cc1C#N. The van der Waals surface area contributed by atoms with Crippen LogP contribution in [0, 0.1) is 11.3 Å². The molecule has 2 aromatic rings. The molecule has 0 aliphatic heterocycles. The van der Waals surface area contributed by atoms with Crippen molar-refractivity contribution in [3.63, 3.8) is 0 Å². The second kappa shape index (κ2) is 7.57. The number of rotatable bonds is 4. The zero-order valence-electron chi connectivity index (χ0n) is 14.3. The average Bonchev–Trinajstić information content (AvgIpc) is 3.12. The van der Waals surface area contributed by atoms with Crippen LogP contribution in [0.25, 0.3) is 0 Å². The average molecular weight is 389 g/mol. The summed E-state index contributed by atoms with van der Waals surface area (Å²) in [7, 11) is 1.50. The number of carbonyl (C=O) groups is 1. The number of carbonyl (C=O) groups excluding carboxylic acids is 1. The number of nitrogens with zero attached hydrogens (tertiary/aromatic N) is 1. The maximum atomic E-state index is 13.2. The van der Waals surface area contributed by atoms with Crippen molar-refractivity contribution in [2.24, 2.45) is 0 Å². The van der Waals surface area contributed by atoms with Crippen LogP contribution >= 0.6 is 23.2 Å². The summed E-state index contributed by atoms with van der Waals surface area (Å²) in [6.07, 6.45) is 3.36. The van der Waals surface area contributed by atoms with E-state index in [0.717, 1.165) is 31.2 Å². The van der Waals surface area contributed by atoms with Crippen molar-refractivity contribution in [2.45, 2.75) is 31.1 Å². The molecule has 6 heteroatoms. The first-order valence-electron chi connectivity index (χ1n) is 8.35. The highest BCUT2D eigenvalue weighted by molar-refractivity contribution is 6.35. The summed E-state index contributed by atoms with van der Waals surface area (Å²) in [6.45, 7) is 0. The van der Waals surface area contributed by atoms with Gasteiger partial charge < -0.3 is 10.1 Å². The van der Waals surface area contributed by atoms with E-state index in [9.17, 15) is 10.1 Å². The Bertz CT molecular complexity index is 884. The molecule has 26 heavy (non-hydrogen) atoms. The van der Waals surface area contributed by atoms with Gasteiger partial charge in [0, 0.05) is 15.7 Å². The number of halogens is 2. The molecule has 0 aromatic heterocycles. The Kier molecular flexibility index (Phi) is 5.41. The smallest absolute Gasteiger partial charge is 0.235 e. The molecule has 0 atom stereocenters. The summed E-state index contributed by atoms with van der Waals surface area (Å²) >= 11 is 12.4. The van der Waals surface area contributed by atoms with Crippen molar-refractivity contribution in [3.8, 4) is 11.8 Å². The van der Waals surface area contributed by atoms with Gasteiger partial charge in [-0.3, -0.25) is 4.79 Å². The lowest BCUT2D eigenvalue weighted by Gasteiger charge is -2.29. The molecule has 0 unspecified atom stereocenters. The molecular weight excluding hydrogens is 371 g/mol. The number of amides is 1. The number of benzene rings is 2. The van der Waals surface area contributed by atoms with Crippen LogP contribution in [0.1, 0.15) is 36.8 Å². The third-order valence-corrected chi connectivity index (χ3v) is 5.46. The van der Waals surface area contributed by atoms with Crippen LogP contribution in [0.4, 0.5) is 5.69 Å². The molecule has 3 rings (SSSR count). The number of hydrogen-bond donors (Lipinski definition) is 1. The van der Waals surface area contributed by atoms with Gasteiger partial charge in [0.1, 0.15) is 11.8 Å². The van der Waals surface area contributed by atoms with Gasteiger partial charge in [0.15, 0.2) is 0 Å². The minimum absolute atomic E-state index is 0.117. The minimum Gasteiger partial charge on any atom is -0.495 e. The van der Waals surface area contributed by atoms with Gasteiger partial charge in [0.25, 0.3) is 0 Å². The second-order valence-electron chi connectivity index (χ2n) is 6.39. The molecule has 1 saturated carbocycles. The molecule has 4 nitrogen and oxygen atoms in total. The number of hydrogen-bond acceptors (Lipinski definition) is 3. The highest BCUT2D eigenvalue weighted by atomic mass is 35.5. The van der Waals surface area contributed by atoms with Crippen molar-refractivity contribution >= 4 is 34.8 Å². The van der Waals surface area contributed by atoms with Crippen LogP contribution in [0.15, 0.2) is 36.4 Å². The molecule has 0 radical (unpaired) electrons. The van der Waals surface area contributed by atoms with Gasteiger partial charge in [0.05, 0.1) is 18.1 Å². The van der Waals surface area contributed by atoms with E-state index in [1.165, 1.54) is 7.11 Å². The van der Waals surface area contributed by atoms with Crippen molar-refractivity contribution in [1.29, 1.82) is 5.26 Å². The van der Waals surface area contributed by atoms with E-state index in [1.807, 2.05) is 6.07 Å². The molecule has 1 aliphatic rings. The number of nitrogens with one attached hydrogen (secondary N) is 1. The highest BCUT2D eigenvalue weighted by Gasteiger charge is 2.44. The zero-order chi connectivity index (χ0) is 18.7. The van der Waals surface area contributed by atoms with E-state index in [1.54, 1.807) is 30.3 Å². The molecule has 2 aromatic carbocycles. The normalized spacial score (nSPS) is 15.3. The van der Waals surface area contributed by atoms with Gasteiger partial charge in [-0.1, -0.05) is 42.1 Å². The summed E-state index contributed by atoms with van der Waals surface area (Å²) in [4.78, 5) is 13.2. The fourth-order valence-electron chi connectivity index (χ4n) is 3.60. The van der Waals surface area contributed by atoms with Crippen molar-refractivity contribution in [3.05, 3.63) is 57.6 Å². The lowest BCUT2D eigenvalue weighted by molar-refractivity contribution is -0.121. The summed E-state index contributed by atoms with van der Waals surface area (Å²) in [5, 5.41) is 13.2. The number of methoxy groups -OCH3 is 1. The van der Waals surface area contributed by atoms with E-state index < -0.39 is 5.41 Å². The van der Waals surface area contributed by atoms with Crippen LogP contribution in [-0.4, -0.2) is 13.0 Å². The quantitative estimate of drug-likeness (QED) is 0.770. The van der Waals surface area contributed by atoms with E-state index in [0.29, 0.717) is 27.0 Å². The Morgan fingerprint density at radius 2 is 1.92 bits per heavy atom. The fraction of sp³-hybridized carbons (Fsp3) is 0.300. The monoisotopic (exact) mass is 388 g/mol. The minimum atomic E-state index is -0.686. The third kappa shape index (κ3) is 3.38. The van der Waals surface area contributed by atoms with E-state index in [-0.39, 0.29) is 5.91 Å². The molecule has 1 N–H and O–H groups in total. The highest BCUT2D eigenvalue weighted by Crippen LogP contribution is 2.45. The van der Waals surface area contributed by atoms with Gasteiger partial charge >= 0.3 is 0 Å². The maximum absolute atomic E-state index is 13.2. The third-order valence-electron chi connectivity index (χ3n) is 4.92. The van der Waals surface area contributed by atoms with Gasteiger partial charge in [-0.25, -0.2) is 0 Å². The van der Waals surface area contributed by atoms with Gasteiger partial charge in [-0.2, -0.15) is 5.26 Å². The molecular formula is C20H18Cl2N2O2. The van der Waals surface area contributed by atoms with Gasteiger partial charge in [-0.15, -0.1) is 0 Å². The molecule has 1 amide bonds. The van der Waals surface area contributed by atoms with Crippen molar-refractivity contribution in [2.75, 3.05) is 12.4 Å². The first-order valence-corrected chi connectivity index (χ1v) is 9.11. The molecule has 1 aliphatic carbocycles. The first-order chi connectivity index (χ1) is 12.5. The number of nitriles is 1. The molecule has 1 fully saturated rings. The Hall–Kier alpha value is -2.22. The van der Waals surface area contributed by atoms with Crippen LogP contribution < -0.4 is 10.1 Å². The second-order valence-corrected chi connectivity index (χ2v) is 7.24. The predicted octanol–water partition coefficient (Wildman–Crippen LogP) is 5.32. The van der Waals surface area contributed by atoms with Crippen molar-refractivity contribution in [1.82, 2.24) is 0 Å². The Balaban J connectivity index is 1.94. The Labute approximate surface area is 162 Å². The predicted molar refractivity (Wildman–Crippen MR) is 103 cm³/mol. The summed E-state index contributed by atoms with van der Waals surface area (Å²) < 4.78 is 5.15. The van der Waals surface area contributed by atoms with Crippen LogP contribution in [0.3, 0.4) is 0 Å².